The van der Waals surface area contributed by atoms with Gasteiger partial charge in [0.2, 0.25) is 0 Å². The summed E-state index contributed by atoms with van der Waals surface area (Å²) in [5, 5.41) is 5.04. The van der Waals surface area contributed by atoms with Crippen molar-refractivity contribution < 1.29 is 14.0 Å². The topological polar surface area (TPSA) is 41.9 Å². The van der Waals surface area contributed by atoms with Gasteiger partial charge in [0.05, 0.1) is 27.9 Å². The van der Waals surface area contributed by atoms with Crippen LogP contribution in [0, 0.1) is 5.82 Å². The predicted molar refractivity (Wildman–Crippen MR) is 105 cm³/mol. The smallest absolute Gasteiger partial charge is 0.256 e. The summed E-state index contributed by atoms with van der Waals surface area (Å²) in [6, 6.07) is 11.3. The standard InChI is InChI=1S/C20H19Cl2FN2O2/c1-2-9-25(20(26)15-5-3-4-6-18(15)23)12-14-11-19(24-27-14)13-7-8-16(21)17(22)10-13/h3-8,10,14H,2,9,11-12H2,1H3/t14-/m0/s1. The van der Waals surface area contributed by atoms with Crippen LogP contribution in [0.5, 0.6) is 0 Å². The quantitative estimate of drug-likeness (QED) is 0.660. The van der Waals surface area contributed by atoms with Crippen molar-refractivity contribution in [2.24, 2.45) is 5.16 Å². The molecule has 0 bridgehead atoms. The molecule has 142 valence electrons. The van der Waals surface area contributed by atoms with Crippen LogP contribution in [0.4, 0.5) is 4.39 Å². The second-order valence-electron chi connectivity index (χ2n) is 6.33. The molecule has 3 rings (SSSR count). The lowest BCUT2D eigenvalue weighted by molar-refractivity contribution is 0.0421. The number of nitrogens with zero attached hydrogens (tertiary/aromatic N) is 2. The number of oxime groups is 1. The van der Waals surface area contributed by atoms with E-state index in [2.05, 4.69) is 5.16 Å². The van der Waals surface area contributed by atoms with E-state index in [1.54, 1.807) is 29.2 Å². The first-order valence-corrected chi connectivity index (χ1v) is 9.47. The van der Waals surface area contributed by atoms with Gasteiger partial charge in [-0.25, -0.2) is 4.39 Å². The molecule has 4 nitrogen and oxygen atoms in total. The number of halogens is 3. The lowest BCUT2D eigenvalue weighted by Crippen LogP contribution is -2.38. The molecule has 0 radical (unpaired) electrons. The van der Waals surface area contributed by atoms with Gasteiger partial charge in [-0.2, -0.15) is 0 Å². The maximum absolute atomic E-state index is 14.0. The average molecular weight is 409 g/mol. The van der Waals surface area contributed by atoms with Gasteiger partial charge < -0.3 is 9.74 Å². The maximum atomic E-state index is 14.0. The molecule has 0 unspecified atom stereocenters. The first-order valence-electron chi connectivity index (χ1n) is 8.71. The Morgan fingerprint density at radius 3 is 2.74 bits per heavy atom. The van der Waals surface area contributed by atoms with Crippen LogP contribution in [0.15, 0.2) is 47.6 Å². The highest BCUT2D eigenvalue weighted by Crippen LogP contribution is 2.26. The summed E-state index contributed by atoms with van der Waals surface area (Å²) >= 11 is 12.0. The summed E-state index contributed by atoms with van der Waals surface area (Å²) in [4.78, 5) is 19.9. The molecule has 0 N–H and O–H groups in total. The normalized spacial score (nSPS) is 16.0. The third-order valence-corrected chi connectivity index (χ3v) is 5.03. The Morgan fingerprint density at radius 2 is 2.04 bits per heavy atom. The van der Waals surface area contributed by atoms with Gasteiger partial charge in [-0.1, -0.05) is 53.5 Å². The van der Waals surface area contributed by atoms with Crippen LogP contribution in [0.1, 0.15) is 35.7 Å². The van der Waals surface area contributed by atoms with Gasteiger partial charge in [0.25, 0.3) is 5.91 Å². The Balaban J connectivity index is 1.69. The van der Waals surface area contributed by atoms with Gasteiger partial charge in [-0.15, -0.1) is 0 Å². The monoisotopic (exact) mass is 408 g/mol. The third kappa shape index (κ3) is 4.60. The van der Waals surface area contributed by atoms with Crippen molar-refractivity contribution in [2.75, 3.05) is 13.1 Å². The van der Waals surface area contributed by atoms with E-state index in [0.717, 1.165) is 17.7 Å². The number of benzene rings is 2. The van der Waals surface area contributed by atoms with Crippen LogP contribution in [-0.4, -0.2) is 35.7 Å². The van der Waals surface area contributed by atoms with Crippen LogP contribution >= 0.6 is 23.2 Å². The van der Waals surface area contributed by atoms with Gasteiger partial charge in [-0.3, -0.25) is 4.79 Å². The van der Waals surface area contributed by atoms with E-state index >= 15 is 0 Å². The molecule has 2 aromatic carbocycles. The lowest BCUT2D eigenvalue weighted by Gasteiger charge is -2.24. The minimum atomic E-state index is -0.524. The SMILES string of the molecule is CCCN(C[C@@H]1CC(c2ccc(Cl)c(Cl)c2)=NO1)C(=O)c1ccccc1F. The van der Waals surface area contributed by atoms with Gasteiger partial charge >= 0.3 is 0 Å². The number of rotatable bonds is 6. The fourth-order valence-corrected chi connectivity index (χ4v) is 3.27. The molecule has 0 aromatic heterocycles. The number of carbonyl (C=O) groups excluding carboxylic acids is 1. The first kappa shape index (κ1) is 19.6. The Hall–Kier alpha value is -2.11. The van der Waals surface area contributed by atoms with Crippen molar-refractivity contribution in [2.45, 2.75) is 25.9 Å². The molecule has 1 aliphatic heterocycles. The van der Waals surface area contributed by atoms with Crippen LogP contribution in [0.2, 0.25) is 10.0 Å². The molecule has 1 amide bonds. The minimum Gasteiger partial charge on any atom is -0.390 e. The summed E-state index contributed by atoms with van der Waals surface area (Å²) in [5.74, 6) is -0.870. The highest BCUT2D eigenvalue weighted by Gasteiger charge is 2.28. The van der Waals surface area contributed by atoms with Crippen LogP contribution in [-0.2, 0) is 4.84 Å². The van der Waals surface area contributed by atoms with Crippen LogP contribution in [0.3, 0.4) is 0 Å². The molecule has 0 spiro atoms. The zero-order valence-electron chi connectivity index (χ0n) is 14.8. The van der Waals surface area contributed by atoms with E-state index in [0.29, 0.717) is 29.6 Å². The summed E-state index contributed by atoms with van der Waals surface area (Å²) in [6.45, 7) is 2.80. The summed E-state index contributed by atoms with van der Waals surface area (Å²) in [5.41, 5.74) is 1.64. The molecule has 2 aromatic rings. The van der Waals surface area contributed by atoms with Crippen LogP contribution < -0.4 is 0 Å². The average Bonchev–Trinajstić information content (AvgIpc) is 3.12. The van der Waals surface area contributed by atoms with E-state index in [4.69, 9.17) is 28.0 Å². The fraction of sp³-hybridized carbons (Fsp3) is 0.300. The van der Waals surface area contributed by atoms with Gasteiger partial charge in [-0.05, 0) is 30.7 Å². The highest BCUT2D eigenvalue weighted by atomic mass is 35.5. The molecule has 1 atom stereocenters. The van der Waals surface area contributed by atoms with Gasteiger partial charge in [0, 0.05) is 18.5 Å². The van der Waals surface area contributed by atoms with Crippen LogP contribution in [0.25, 0.3) is 0 Å². The van der Waals surface area contributed by atoms with Crippen molar-refractivity contribution in [3.05, 3.63) is 69.5 Å². The first-order chi connectivity index (χ1) is 13.0. The number of carbonyl (C=O) groups is 1. The maximum Gasteiger partial charge on any atom is 0.256 e. The molecule has 0 fully saturated rings. The molecule has 0 saturated carbocycles. The second-order valence-corrected chi connectivity index (χ2v) is 7.14. The van der Waals surface area contributed by atoms with Gasteiger partial charge in [0.1, 0.15) is 5.82 Å². The van der Waals surface area contributed by atoms with E-state index in [1.807, 2.05) is 13.0 Å². The Bertz CT molecular complexity index is 873. The van der Waals surface area contributed by atoms with E-state index in [9.17, 15) is 9.18 Å². The Morgan fingerprint density at radius 1 is 1.26 bits per heavy atom. The molecule has 0 aliphatic carbocycles. The third-order valence-electron chi connectivity index (χ3n) is 4.29. The molecular formula is C20H19Cl2FN2O2. The molecule has 1 heterocycles. The second kappa shape index (κ2) is 8.72. The highest BCUT2D eigenvalue weighted by molar-refractivity contribution is 6.42. The molecule has 0 saturated heterocycles. The Labute approximate surface area is 167 Å². The molecule has 1 aliphatic rings. The van der Waals surface area contributed by atoms with Gasteiger partial charge in [0.15, 0.2) is 6.10 Å². The Kier molecular flexibility index (Phi) is 6.34. The minimum absolute atomic E-state index is 0.0644. The molecule has 27 heavy (non-hydrogen) atoms. The molecular weight excluding hydrogens is 390 g/mol. The predicted octanol–water partition coefficient (Wildman–Crippen LogP) is 5.18. The van der Waals surface area contributed by atoms with E-state index in [-0.39, 0.29) is 17.6 Å². The fourth-order valence-electron chi connectivity index (χ4n) is 2.97. The number of amides is 1. The van der Waals surface area contributed by atoms with Crippen molar-refractivity contribution in [3.8, 4) is 0 Å². The van der Waals surface area contributed by atoms with Crippen molar-refractivity contribution in [1.82, 2.24) is 4.90 Å². The summed E-state index contributed by atoms with van der Waals surface area (Å²) in [6.07, 6.45) is 0.993. The van der Waals surface area contributed by atoms with Crippen molar-refractivity contribution in [1.29, 1.82) is 0 Å². The summed E-state index contributed by atoms with van der Waals surface area (Å²) < 4.78 is 14.0. The van der Waals surface area contributed by atoms with E-state index < -0.39 is 5.82 Å². The lowest BCUT2D eigenvalue weighted by atomic mass is 10.0. The molecule has 7 heteroatoms. The number of hydrogen-bond donors (Lipinski definition) is 0. The van der Waals surface area contributed by atoms with Crippen molar-refractivity contribution >= 4 is 34.8 Å². The van der Waals surface area contributed by atoms with Crippen molar-refractivity contribution in [3.63, 3.8) is 0 Å². The largest absolute Gasteiger partial charge is 0.390 e. The number of hydrogen-bond acceptors (Lipinski definition) is 3. The summed E-state index contributed by atoms with van der Waals surface area (Å²) in [7, 11) is 0. The zero-order valence-corrected chi connectivity index (χ0v) is 16.3. The zero-order chi connectivity index (χ0) is 19.4. The van der Waals surface area contributed by atoms with E-state index in [1.165, 1.54) is 12.1 Å².